The number of pyridine rings is 1. The molecule has 0 fully saturated rings. The maximum atomic E-state index is 13.1. The zero-order chi connectivity index (χ0) is 22.0. The Kier molecular flexibility index (Phi) is 5.35. The molecule has 0 bridgehead atoms. The maximum absolute atomic E-state index is 13.1. The topological polar surface area (TPSA) is 108 Å². The largest absolute Gasteiger partial charge is 0.618 e. The second-order valence-electron chi connectivity index (χ2n) is 6.59. The highest BCUT2D eigenvalue weighted by Gasteiger charge is 2.31. The summed E-state index contributed by atoms with van der Waals surface area (Å²) in [5.74, 6) is 1.33. The second kappa shape index (κ2) is 8.11. The van der Waals surface area contributed by atoms with E-state index in [2.05, 4.69) is 9.97 Å². The molecule has 0 aliphatic rings. The Morgan fingerprint density at radius 2 is 1.45 bits per heavy atom. The molecule has 158 valence electrons. The zero-order valence-electron chi connectivity index (χ0n) is 16.8. The monoisotopic (exact) mass is 437 g/mol. The van der Waals surface area contributed by atoms with Gasteiger partial charge in [0.25, 0.3) is 9.84 Å². The number of methoxy groups -OCH3 is 2. The second-order valence-corrected chi connectivity index (χ2v) is 8.40. The summed E-state index contributed by atoms with van der Waals surface area (Å²) in [4.78, 5) is 7.28. The van der Waals surface area contributed by atoms with Gasteiger partial charge in [-0.25, -0.2) is 13.4 Å². The highest BCUT2D eigenvalue weighted by molar-refractivity contribution is 7.91. The highest BCUT2D eigenvalue weighted by Crippen LogP contribution is 2.34. The molecule has 0 aliphatic carbocycles. The standard InChI is InChI=1S/C22H19N3O5S/c1-29-17-10-6-15(7-11-17)20-21(16-8-12-18(30-2)13-9-16)24-22(23-20)31(27,28)19-5-3-4-14-25(19)26/h3-14H,1-2H3,(H,23,24). The van der Waals surface area contributed by atoms with E-state index >= 15 is 0 Å². The van der Waals surface area contributed by atoms with Crippen molar-refractivity contribution in [3.8, 4) is 34.0 Å². The average molecular weight is 437 g/mol. The quantitative estimate of drug-likeness (QED) is 0.366. The van der Waals surface area contributed by atoms with E-state index in [0.717, 1.165) is 6.20 Å². The Hall–Kier alpha value is -3.85. The highest BCUT2D eigenvalue weighted by atomic mass is 32.2. The van der Waals surface area contributed by atoms with Crippen LogP contribution in [0.1, 0.15) is 0 Å². The molecule has 2 aromatic heterocycles. The van der Waals surface area contributed by atoms with Crippen LogP contribution in [-0.2, 0) is 9.84 Å². The lowest BCUT2D eigenvalue weighted by Crippen LogP contribution is -2.33. The van der Waals surface area contributed by atoms with Crippen LogP contribution in [-0.4, -0.2) is 32.6 Å². The van der Waals surface area contributed by atoms with Gasteiger partial charge in [0.05, 0.1) is 25.6 Å². The molecule has 0 saturated carbocycles. The lowest BCUT2D eigenvalue weighted by Gasteiger charge is -2.06. The molecule has 2 aromatic carbocycles. The first-order valence-electron chi connectivity index (χ1n) is 9.26. The summed E-state index contributed by atoms with van der Waals surface area (Å²) in [6.45, 7) is 0. The lowest BCUT2D eigenvalue weighted by molar-refractivity contribution is -0.646. The van der Waals surface area contributed by atoms with Gasteiger partial charge in [0.15, 0.2) is 6.20 Å². The third kappa shape index (κ3) is 3.82. The Labute approximate surface area is 179 Å². The van der Waals surface area contributed by atoms with Crippen molar-refractivity contribution < 1.29 is 22.6 Å². The van der Waals surface area contributed by atoms with Crippen molar-refractivity contribution >= 4 is 9.84 Å². The minimum Gasteiger partial charge on any atom is -0.618 e. The van der Waals surface area contributed by atoms with Crippen molar-refractivity contribution in [3.05, 3.63) is 78.1 Å². The van der Waals surface area contributed by atoms with Crippen molar-refractivity contribution in [1.82, 2.24) is 9.97 Å². The average Bonchev–Trinajstić information content (AvgIpc) is 3.26. The fourth-order valence-electron chi connectivity index (χ4n) is 3.12. The van der Waals surface area contributed by atoms with Gasteiger partial charge in [-0.1, -0.05) is 0 Å². The SMILES string of the molecule is COc1ccc(-c2nc(S(=O)(=O)c3cccc[n+]3[O-])[nH]c2-c2ccc(OC)cc2)cc1. The minimum atomic E-state index is -4.18. The van der Waals surface area contributed by atoms with E-state index in [1.165, 1.54) is 18.2 Å². The number of aromatic amines is 1. The summed E-state index contributed by atoms with van der Waals surface area (Å²) in [5, 5.41) is 11.3. The van der Waals surface area contributed by atoms with Crippen LogP contribution >= 0.6 is 0 Å². The first-order chi connectivity index (χ1) is 14.9. The normalized spacial score (nSPS) is 11.3. The van der Waals surface area contributed by atoms with Crippen molar-refractivity contribution in [2.24, 2.45) is 0 Å². The Balaban J connectivity index is 1.90. The number of nitrogens with zero attached hydrogens (tertiary/aromatic N) is 2. The molecule has 0 radical (unpaired) electrons. The number of nitrogens with one attached hydrogen (secondary N) is 1. The van der Waals surface area contributed by atoms with Crippen LogP contribution in [0, 0.1) is 5.21 Å². The van der Waals surface area contributed by atoms with E-state index in [9.17, 15) is 13.6 Å². The summed E-state index contributed by atoms with van der Waals surface area (Å²) in [6.07, 6.45) is 1.13. The van der Waals surface area contributed by atoms with Gasteiger partial charge in [0, 0.05) is 23.3 Å². The summed E-state index contributed by atoms with van der Waals surface area (Å²) in [7, 11) is -1.05. The molecule has 31 heavy (non-hydrogen) atoms. The molecule has 0 atom stereocenters. The smallest absolute Gasteiger partial charge is 0.316 e. The van der Waals surface area contributed by atoms with Crippen molar-refractivity contribution in [3.63, 3.8) is 0 Å². The third-order valence-corrected chi connectivity index (χ3v) is 6.31. The fourth-order valence-corrected chi connectivity index (χ4v) is 4.32. The number of hydrogen-bond donors (Lipinski definition) is 1. The van der Waals surface area contributed by atoms with Crippen LogP contribution in [0.15, 0.2) is 83.1 Å². The van der Waals surface area contributed by atoms with Crippen LogP contribution in [0.2, 0.25) is 0 Å². The lowest BCUT2D eigenvalue weighted by atomic mass is 10.0. The van der Waals surface area contributed by atoms with Gasteiger partial charge in [-0.2, -0.15) is 4.73 Å². The first kappa shape index (κ1) is 20.4. The molecule has 9 heteroatoms. The number of ether oxygens (including phenoxy) is 2. The van der Waals surface area contributed by atoms with Gasteiger partial charge >= 0.3 is 5.03 Å². The maximum Gasteiger partial charge on any atom is 0.316 e. The number of rotatable bonds is 6. The van der Waals surface area contributed by atoms with Crippen molar-refractivity contribution in [2.75, 3.05) is 14.2 Å². The summed E-state index contributed by atoms with van der Waals surface area (Å²) >= 11 is 0. The molecule has 4 rings (SSSR count). The van der Waals surface area contributed by atoms with E-state index in [1.807, 2.05) is 0 Å². The van der Waals surface area contributed by atoms with Crippen LogP contribution in [0.25, 0.3) is 22.5 Å². The summed E-state index contributed by atoms with van der Waals surface area (Å²) < 4.78 is 37.0. The molecule has 2 heterocycles. The molecule has 0 amide bonds. The number of hydrogen-bond acceptors (Lipinski definition) is 6. The molecular formula is C22H19N3O5S. The predicted octanol–water partition coefficient (Wildman–Crippen LogP) is 3.23. The van der Waals surface area contributed by atoms with Gasteiger partial charge in [0.1, 0.15) is 11.5 Å². The molecule has 0 unspecified atom stereocenters. The molecule has 0 saturated heterocycles. The van der Waals surface area contributed by atoms with E-state index in [0.29, 0.717) is 38.7 Å². The Morgan fingerprint density at radius 1 is 0.871 bits per heavy atom. The van der Waals surface area contributed by atoms with Crippen molar-refractivity contribution in [1.29, 1.82) is 0 Å². The molecule has 0 spiro atoms. The minimum absolute atomic E-state index is 0.304. The number of aromatic nitrogens is 3. The summed E-state index contributed by atoms with van der Waals surface area (Å²) in [5.41, 5.74) is 2.33. The van der Waals surface area contributed by atoms with E-state index in [1.54, 1.807) is 62.8 Å². The van der Waals surface area contributed by atoms with Crippen molar-refractivity contribution in [2.45, 2.75) is 10.2 Å². The number of benzene rings is 2. The van der Waals surface area contributed by atoms with Crippen LogP contribution in [0.3, 0.4) is 0 Å². The molecule has 8 nitrogen and oxygen atoms in total. The third-order valence-electron chi connectivity index (χ3n) is 4.74. The van der Waals surface area contributed by atoms with E-state index in [4.69, 9.17) is 9.47 Å². The summed E-state index contributed by atoms with van der Waals surface area (Å²) in [6, 6.07) is 18.4. The number of sulfone groups is 1. The first-order valence-corrected chi connectivity index (χ1v) is 10.7. The predicted molar refractivity (Wildman–Crippen MR) is 113 cm³/mol. The zero-order valence-corrected chi connectivity index (χ0v) is 17.6. The fraction of sp³-hybridized carbons (Fsp3) is 0.0909. The molecule has 1 N–H and O–H groups in total. The van der Waals surface area contributed by atoms with Gasteiger partial charge in [-0.15, -0.1) is 0 Å². The Bertz CT molecular complexity index is 1250. The van der Waals surface area contributed by atoms with Gasteiger partial charge < -0.3 is 19.7 Å². The van der Waals surface area contributed by atoms with Crippen LogP contribution in [0.4, 0.5) is 0 Å². The van der Waals surface area contributed by atoms with E-state index < -0.39 is 14.9 Å². The van der Waals surface area contributed by atoms with Crippen LogP contribution < -0.4 is 14.2 Å². The van der Waals surface area contributed by atoms with E-state index in [-0.39, 0.29) is 5.16 Å². The number of imidazole rings is 1. The van der Waals surface area contributed by atoms with Gasteiger partial charge in [0.2, 0.25) is 5.16 Å². The Morgan fingerprint density at radius 3 is 2.00 bits per heavy atom. The molecule has 4 aromatic rings. The number of H-pyrrole nitrogens is 1. The van der Waals surface area contributed by atoms with Crippen LogP contribution in [0.5, 0.6) is 11.5 Å². The molecular weight excluding hydrogens is 418 g/mol. The molecule has 0 aliphatic heterocycles. The van der Waals surface area contributed by atoms with Gasteiger partial charge in [-0.3, -0.25) is 0 Å². The van der Waals surface area contributed by atoms with Gasteiger partial charge in [-0.05, 0) is 54.6 Å².